The van der Waals surface area contributed by atoms with Gasteiger partial charge in [-0.15, -0.1) is 21.5 Å². The van der Waals surface area contributed by atoms with Crippen molar-refractivity contribution in [1.82, 2.24) is 15.1 Å². The molecule has 3 heterocycles. The first-order valence-electron chi connectivity index (χ1n) is 9.27. The fourth-order valence-electron chi connectivity index (χ4n) is 3.24. The third kappa shape index (κ3) is 3.94. The van der Waals surface area contributed by atoms with E-state index < -0.39 is 15.8 Å². The molecular weight excluding hydrogens is 431 g/mol. The van der Waals surface area contributed by atoms with Gasteiger partial charge in [-0.3, -0.25) is 9.52 Å². The van der Waals surface area contributed by atoms with Crippen LogP contribution in [0.15, 0.2) is 33.6 Å². The first-order chi connectivity index (χ1) is 14.2. The molecule has 0 spiro atoms. The number of halogens is 1. The molecule has 1 aliphatic heterocycles. The molecule has 1 aromatic carbocycles. The Kier molecular flexibility index (Phi) is 5.33. The Bertz CT molecular complexity index is 1210. The van der Waals surface area contributed by atoms with Gasteiger partial charge in [0.15, 0.2) is 0 Å². The van der Waals surface area contributed by atoms with E-state index in [1.54, 1.807) is 18.7 Å². The number of carbonyl (C=O) groups excluding carboxylic acids is 1. The van der Waals surface area contributed by atoms with Gasteiger partial charge in [0.05, 0.1) is 10.6 Å². The van der Waals surface area contributed by atoms with Crippen LogP contribution in [0.4, 0.5) is 10.1 Å². The number of aromatic nitrogens is 2. The van der Waals surface area contributed by atoms with Gasteiger partial charge < -0.3 is 9.32 Å². The van der Waals surface area contributed by atoms with Crippen LogP contribution in [0.2, 0.25) is 0 Å². The lowest BCUT2D eigenvalue weighted by Crippen LogP contribution is -2.27. The fraction of sp³-hybridized carbons (Fsp3) is 0.316. The van der Waals surface area contributed by atoms with Crippen LogP contribution in [0, 0.1) is 19.7 Å². The summed E-state index contributed by atoms with van der Waals surface area (Å²) in [5.74, 6) is -0.784. The molecule has 0 unspecified atom stereocenters. The molecule has 1 N–H and O–H groups in total. The minimum Gasteiger partial charge on any atom is -0.411 e. The number of anilines is 1. The SMILES string of the molecule is Cc1cc(F)ccc1NS(=O)(=O)c1cc(-c2nnc(C(=O)N3CCCC3)o2)sc1C. The van der Waals surface area contributed by atoms with E-state index in [1.165, 1.54) is 35.6 Å². The molecule has 0 saturated carbocycles. The Morgan fingerprint density at radius 2 is 1.93 bits per heavy atom. The van der Waals surface area contributed by atoms with Crippen LogP contribution in [0.1, 0.15) is 34.0 Å². The van der Waals surface area contributed by atoms with Crippen molar-refractivity contribution in [2.75, 3.05) is 17.8 Å². The summed E-state index contributed by atoms with van der Waals surface area (Å²) in [4.78, 5) is 15.0. The minimum absolute atomic E-state index is 0.0526. The number of nitrogens with zero attached hydrogens (tertiary/aromatic N) is 3. The van der Waals surface area contributed by atoms with E-state index in [9.17, 15) is 17.6 Å². The molecular formula is C19H19FN4O4S2. The summed E-state index contributed by atoms with van der Waals surface area (Å²) in [6, 6.07) is 5.24. The van der Waals surface area contributed by atoms with Crippen LogP contribution in [0.3, 0.4) is 0 Å². The third-order valence-electron chi connectivity index (χ3n) is 4.81. The van der Waals surface area contributed by atoms with E-state index in [0.717, 1.165) is 12.8 Å². The Morgan fingerprint density at radius 1 is 1.20 bits per heavy atom. The zero-order chi connectivity index (χ0) is 21.5. The van der Waals surface area contributed by atoms with Gasteiger partial charge >= 0.3 is 11.8 Å². The molecule has 1 saturated heterocycles. The van der Waals surface area contributed by atoms with E-state index in [4.69, 9.17) is 4.42 Å². The van der Waals surface area contributed by atoms with Crippen molar-refractivity contribution in [3.8, 4) is 10.8 Å². The second-order valence-electron chi connectivity index (χ2n) is 7.01. The summed E-state index contributed by atoms with van der Waals surface area (Å²) < 4.78 is 47.0. The van der Waals surface area contributed by atoms with Crippen LogP contribution in [-0.4, -0.2) is 42.5 Å². The summed E-state index contributed by atoms with van der Waals surface area (Å²) >= 11 is 1.17. The quantitative estimate of drug-likeness (QED) is 0.637. The first-order valence-corrected chi connectivity index (χ1v) is 11.6. The molecule has 0 bridgehead atoms. The maximum atomic E-state index is 13.3. The number of hydrogen-bond donors (Lipinski definition) is 1. The molecule has 30 heavy (non-hydrogen) atoms. The van der Waals surface area contributed by atoms with Crippen molar-refractivity contribution in [3.05, 3.63) is 46.4 Å². The van der Waals surface area contributed by atoms with Crippen molar-refractivity contribution in [2.45, 2.75) is 31.6 Å². The van der Waals surface area contributed by atoms with Crippen LogP contribution in [0.25, 0.3) is 10.8 Å². The fourth-order valence-corrected chi connectivity index (χ4v) is 5.89. The Morgan fingerprint density at radius 3 is 2.63 bits per heavy atom. The van der Waals surface area contributed by atoms with E-state index in [2.05, 4.69) is 14.9 Å². The summed E-state index contributed by atoms with van der Waals surface area (Å²) in [6.45, 7) is 4.59. The van der Waals surface area contributed by atoms with Crippen LogP contribution in [-0.2, 0) is 10.0 Å². The molecule has 0 radical (unpaired) electrons. The molecule has 1 fully saturated rings. The predicted octanol–water partition coefficient (Wildman–Crippen LogP) is 3.59. The monoisotopic (exact) mass is 450 g/mol. The summed E-state index contributed by atoms with van der Waals surface area (Å²) in [6.07, 6.45) is 1.89. The van der Waals surface area contributed by atoms with Gasteiger partial charge in [-0.1, -0.05) is 0 Å². The second kappa shape index (κ2) is 7.80. The topological polar surface area (TPSA) is 105 Å². The van der Waals surface area contributed by atoms with Crippen molar-refractivity contribution < 1.29 is 22.0 Å². The maximum absolute atomic E-state index is 13.3. The van der Waals surface area contributed by atoms with Crippen molar-refractivity contribution in [2.24, 2.45) is 0 Å². The highest BCUT2D eigenvalue weighted by Crippen LogP contribution is 2.34. The molecule has 1 amide bonds. The molecule has 4 rings (SSSR count). The number of amides is 1. The number of hydrogen-bond acceptors (Lipinski definition) is 7. The van der Waals surface area contributed by atoms with Gasteiger partial charge in [0.1, 0.15) is 10.7 Å². The molecule has 11 heteroatoms. The number of likely N-dealkylation sites (tertiary alicyclic amines) is 1. The molecule has 158 valence electrons. The number of carbonyl (C=O) groups is 1. The number of nitrogens with one attached hydrogen (secondary N) is 1. The van der Waals surface area contributed by atoms with Gasteiger partial charge in [0, 0.05) is 18.0 Å². The number of sulfonamides is 1. The number of thiophene rings is 1. The summed E-state index contributed by atoms with van der Waals surface area (Å²) in [5, 5.41) is 7.74. The lowest BCUT2D eigenvalue weighted by molar-refractivity contribution is 0.0754. The van der Waals surface area contributed by atoms with Gasteiger partial charge in [0.25, 0.3) is 15.9 Å². The molecule has 1 aliphatic rings. The predicted molar refractivity (Wildman–Crippen MR) is 109 cm³/mol. The molecule has 0 atom stereocenters. The van der Waals surface area contributed by atoms with Crippen LogP contribution in [0.5, 0.6) is 0 Å². The zero-order valence-electron chi connectivity index (χ0n) is 16.3. The number of rotatable bonds is 5. The zero-order valence-corrected chi connectivity index (χ0v) is 17.9. The minimum atomic E-state index is -3.92. The molecule has 8 nitrogen and oxygen atoms in total. The van der Waals surface area contributed by atoms with E-state index in [0.29, 0.717) is 34.1 Å². The lowest BCUT2D eigenvalue weighted by atomic mass is 10.2. The highest BCUT2D eigenvalue weighted by Gasteiger charge is 2.27. The summed E-state index contributed by atoms with van der Waals surface area (Å²) in [5.41, 5.74) is 0.758. The third-order valence-corrected chi connectivity index (χ3v) is 7.47. The Hall–Kier alpha value is -2.79. The lowest BCUT2D eigenvalue weighted by Gasteiger charge is -2.11. The highest BCUT2D eigenvalue weighted by molar-refractivity contribution is 7.93. The number of aryl methyl sites for hydroxylation is 2. The smallest absolute Gasteiger partial charge is 0.311 e. The normalized spacial score (nSPS) is 14.3. The second-order valence-corrected chi connectivity index (χ2v) is 9.91. The van der Waals surface area contributed by atoms with Crippen molar-refractivity contribution >= 4 is 33.0 Å². The maximum Gasteiger partial charge on any atom is 0.311 e. The number of benzene rings is 1. The van der Waals surface area contributed by atoms with E-state index >= 15 is 0 Å². The summed E-state index contributed by atoms with van der Waals surface area (Å²) in [7, 11) is -3.92. The van der Waals surface area contributed by atoms with Gasteiger partial charge in [-0.05, 0) is 56.5 Å². The molecule has 3 aromatic rings. The first kappa shape index (κ1) is 20.5. The largest absolute Gasteiger partial charge is 0.411 e. The van der Waals surface area contributed by atoms with Crippen molar-refractivity contribution in [3.63, 3.8) is 0 Å². The van der Waals surface area contributed by atoms with Crippen molar-refractivity contribution in [1.29, 1.82) is 0 Å². The van der Waals surface area contributed by atoms with Gasteiger partial charge in [0.2, 0.25) is 0 Å². The Labute approximate surface area is 176 Å². The Balaban J connectivity index is 1.59. The van der Waals surface area contributed by atoms with Gasteiger partial charge in [-0.2, -0.15) is 0 Å². The van der Waals surface area contributed by atoms with Crippen LogP contribution >= 0.6 is 11.3 Å². The molecule has 0 aliphatic carbocycles. The van der Waals surface area contributed by atoms with Gasteiger partial charge in [-0.25, -0.2) is 12.8 Å². The van der Waals surface area contributed by atoms with Crippen LogP contribution < -0.4 is 4.72 Å². The van der Waals surface area contributed by atoms with E-state index in [-0.39, 0.29) is 22.6 Å². The standard InChI is InChI=1S/C19H19FN4O4S2/c1-11-9-13(20)5-6-14(11)23-30(26,27)16-10-15(29-12(16)2)17-21-22-18(28-17)19(25)24-7-3-4-8-24/h5-6,9-10,23H,3-4,7-8H2,1-2H3. The highest BCUT2D eigenvalue weighted by atomic mass is 32.2. The van der Waals surface area contributed by atoms with E-state index in [1.807, 2.05) is 0 Å². The average Bonchev–Trinajstić information content (AvgIpc) is 3.43. The molecule has 2 aromatic heterocycles. The average molecular weight is 451 g/mol.